The molecule has 2 aromatic carbocycles. The van der Waals surface area contributed by atoms with Crippen molar-refractivity contribution in [3.05, 3.63) is 78.4 Å². The van der Waals surface area contributed by atoms with E-state index in [2.05, 4.69) is 48.2 Å². The van der Waals surface area contributed by atoms with E-state index in [1.165, 1.54) is 43.7 Å². The van der Waals surface area contributed by atoms with E-state index in [0.29, 0.717) is 12.4 Å². The van der Waals surface area contributed by atoms with Crippen molar-refractivity contribution in [1.29, 1.82) is 0 Å². The minimum Gasteiger partial charge on any atom is -0.492 e. The normalized spacial score (nSPS) is 16.4. The smallest absolute Gasteiger partial charge is 0.127 e. The molecule has 2 saturated heterocycles. The summed E-state index contributed by atoms with van der Waals surface area (Å²) in [6, 6.07) is 17.4. The lowest BCUT2D eigenvalue weighted by atomic mass is 10.0. The number of piperidine rings is 1. The van der Waals surface area contributed by atoms with Crippen LogP contribution in [0.15, 0.2) is 67.0 Å². The molecule has 7 rings (SSSR count). The zero-order chi connectivity index (χ0) is 28.3. The maximum absolute atomic E-state index is 14.7. The molecule has 5 heterocycles. The maximum Gasteiger partial charge on any atom is 0.127 e. The summed E-state index contributed by atoms with van der Waals surface area (Å²) in [7, 11) is 0. The number of hydrogen-bond donors (Lipinski definition) is 2. The highest BCUT2D eigenvalue weighted by atomic mass is 19.1. The van der Waals surface area contributed by atoms with E-state index in [9.17, 15) is 4.39 Å². The van der Waals surface area contributed by atoms with Crippen LogP contribution in [0.25, 0.3) is 44.7 Å². The topological polar surface area (TPSA) is 73.1 Å². The number of halogens is 1. The van der Waals surface area contributed by atoms with Crippen LogP contribution >= 0.6 is 0 Å². The van der Waals surface area contributed by atoms with Gasteiger partial charge in [-0.05, 0) is 105 Å². The van der Waals surface area contributed by atoms with E-state index in [0.717, 1.165) is 83.9 Å². The average Bonchev–Trinajstić information content (AvgIpc) is 3.79. The second-order valence-corrected chi connectivity index (χ2v) is 11.6. The first-order valence-electron chi connectivity index (χ1n) is 15.2. The first-order valence-corrected chi connectivity index (χ1v) is 15.2. The number of likely N-dealkylation sites (tertiary alicyclic amines) is 2. The summed E-state index contributed by atoms with van der Waals surface area (Å²) in [5, 5.41) is 8.83. The molecule has 5 aromatic rings. The zero-order valence-corrected chi connectivity index (χ0v) is 23.9. The van der Waals surface area contributed by atoms with Crippen LogP contribution in [0.5, 0.6) is 5.75 Å². The van der Waals surface area contributed by atoms with Gasteiger partial charge in [0.1, 0.15) is 18.2 Å². The number of H-pyrrole nitrogens is 2. The van der Waals surface area contributed by atoms with E-state index in [4.69, 9.17) is 4.74 Å². The molecular formula is C34H37FN6O. The number of benzene rings is 2. The zero-order valence-electron chi connectivity index (χ0n) is 23.9. The molecule has 2 fully saturated rings. The van der Waals surface area contributed by atoms with Gasteiger partial charge in [-0.25, -0.2) is 4.39 Å². The van der Waals surface area contributed by atoms with Crippen LogP contribution in [-0.4, -0.2) is 69.3 Å². The lowest BCUT2D eigenvalue weighted by Gasteiger charge is -2.26. The number of rotatable bonds is 9. The second kappa shape index (κ2) is 12.1. The molecule has 2 aliphatic rings. The van der Waals surface area contributed by atoms with Gasteiger partial charge >= 0.3 is 0 Å². The predicted molar refractivity (Wildman–Crippen MR) is 165 cm³/mol. The lowest BCUT2D eigenvalue weighted by Crippen LogP contribution is -2.29. The van der Waals surface area contributed by atoms with Crippen molar-refractivity contribution in [2.45, 2.75) is 38.6 Å². The van der Waals surface area contributed by atoms with Gasteiger partial charge < -0.3 is 9.72 Å². The van der Waals surface area contributed by atoms with Gasteiger partial charge in [0.2, 0.25) is 0 Å². The molecule has 0 saturated carbocycles. The number of pyridine rings is 1. The van der Waals surface area contributed by atoms with Crippen LogP contribution in [0.4, 0.5) is 4.39 Å². The number of nitrogens with zero attached hydrogens (tertiary/aromatic N) is 4. The van der Waals surface area contributed by atoms with Crippen LogP contribution in [0.3, 0.4) is 0 Å². The van der Waals surface area contributed by atoms with Crippen LogP contribution in [0, 0.1) is 5.82 Å². The third-order valence-corrected chi connectivity index (χ3v) is 8.53. The third kappa shape index (κ3) is 5.96. The van der Waals surface area contributed by atoms with Gasteiger partial charge in [0.05, 0.1) is 17.1 Å². The molecule has 2 aliphatic heterocycles. The Hall–Kier alpha value is -4.01. The van der Waals surface area contributed by atoms with E-state index in [1.54, 1.807) is 6.07 Å². The largest absolute Gasteiger partial charge is 0.492 e. The third-order valence-electron chi connectivity index (χ3n) is 8.53. The van der Waals surface area contributed by atoms with Crippen molar-refractivity contribution in [1.82, 2.24) is 30.0 Å². The van der Waals surface area contributed by atoms with Crippen molar-refractivity contribution in [2.75, 3.05) is 39.3 Å². The molecule has 0 atom stereocenters. The summed E-state index contributed by atoms with van der Waals surface area (Å²) < 4.78 is 20.7. The molecule has 3 aromatic heterocycles. The van der Waals surface area contributed by atoms with Crippen molar-refractivity contribution in [3.63, 3.8) is 0 Å². The summed E-state index contributed by atoms with van der Waals surface area (Å²) in [4.78, 5) is 12.9. The summed E-state index contributed by atoms with van der Waals surface area (Å²) in [6.45, 7) is 6.90. The molecular weight excluding hydrogens is 527 g/mol. The summed E-state index contributed by atoms with van der Waals surface area (Å²) in [5.41, 5.74) is 7.61. The Bertz CT molecular complexity index is 1660. The maximum atomic E-state index is 14.7. The highest BCUT2D eigenvalue weighted by Crippen LogP contribution is 2.35. The van der Waals surface area contributed by atoms with E-state index < -0.39 is 0 Å². The van der Waals surface area contributed by atoms with Gasteiger partial charge in [0.15, 0.2) is 0 Å². The van der Waals surface area contributed by atoms with Crippen LogP contribution in [-0.2, 0) is 6.54 Å². The van der Waals surface area contributed by atoms with Crippen molar-refractivity contribution in [3.8, 4) is 39.5 Å². The molecule has 0 aliphatic carbocycles. The van der Waals surface area contributed by atoms with Crippen molar-refractivity contribution < 1.29 is 9.13 Å². The Morgan fingerprint density at radius 2 is 1.64 bits per heavy atom. The number of aromatic nitrogens is 4. The highest BCUT2D eigenvalue weighted by Gasteiger charge is 2.16. The lowest BCUT2D eigenvalue weighted by molar-refractivity contribution is 0.220. The molecule has 0 unspecified atom stereocenters. The van der Waals surface area contributed by atoms with Crippen molar-refractivity contribution in [2.24, 2.45) is 0 Å². The van der Waals surface area contributed by atoms with Crippen LogP contribution in [0.1, 0.15) is 37.7 Å². The van der Waals surface area contributed by atoms with E-state index >= 15 is 0 Å². The molecule has 0 radical (unpaired) electrons. The number of ether oxygens (including phenoxy) is 1. The fraction of sp³-hybridized carbons (Fsp3) is 0.353. The highest BCUT2D eigenvalue weighted by molar-refractivity contribution is 5.98. The monoisotopic (exact) mass is 564 g/mol. The Morgan fingerprint density at radius 1 is 0.810 bits per heavy atom. The molecule has 0 bridgehead atoms. The minimum atomic E-state index is -0.300. The van der Waals surface area contributed by atoms with Crippen LogP contribution < -0.4 is 4.74 Å². The molecule has 0 amide bonds. The SMILES string of the molecule is Fc1cc(OCCN2CCCC2)cc(-c2cccc3[nH]c(-c4cc(-c5cncc(CN6CCCCC6)c5)n[nH]4)cc23)c1. The van der Waals surface area contributed by atoms with Gasteiger partial charge in [-0.3, -0.25) is 19.9 Å². The molecule has 216 valence electrons. The fourth-order valence-electron chi connectivity index (χ4n) is 6.35. The quantitative estimate of drug-likeness (QED) is 0.204. The number of aromatic amines is 2. The average molecular weight is 565 g/mol. The van der Waals surface area contributed by atoms with E-state index in [-0.39, 0.29) is 5.82 Å². The fourth-order valence-corrected chi connectivity index (χ4v) is 6.35. The molecule has 42 heavy (non-hydrogen) atoms. The molecule has 2 N–H and O–H groups in total. The number of hydrogen-bond acceptors (Lipinski definition) is 5. The Balaban J connectivity index is 1.11. The Kier molecular flexibility index (Phi) is 7.72. The Morgan fingerprint density at radius 3 is 2.52 bits per heavy atom. The molecule has 0 spiro atoms. The predicted octanol–water partition coefficient (Wildman–Crippen LogP) is 6.89. The van der Waals surface area contributed by atoms with E-state index in [1.807, 2.05) is 36.7 Å². The molecule has 7 nitrogen and oxygen atoms in total. The Labute approximate surface area is 245 Å². The van der Waals surface area contributed by atoms with Crippen LogP contribution in [0.2, 0.25) is 0 Å². The molecule has 8 heteroatoms. The number of fused-ring (bicyclic) bond motifs is 1. The van der Waals surface area contributed by atoms with Gasteiger partial charge in [-0.15, -0.1) is 0 Å². The second-order valence-electron chi connectivity index (χ2n) is 11.6. The summed E-state index contributed by atoms with van der Waals surface area (Å²) >= 11 is 0. The summed E-state index contributed by atoms with van der Waals surface area (Å²) in [5.74, 6) is 0.261. The number of nitrogens with one attached hydrogen (secondary N) is 2. The first kappa shape index (κ1) is 26.9. The minimum absolute atomic E-state index is 0.300. The van der Waals surface area contributed by atoms with Gasteiger partial charge in [0.25, 0.3) is 0 Å². The van der Waals surface area contributed by atoms with Gasteiger partial charge in [0, 0.05) is 48.0 Å². The van der Waals surface area contributed by atoms with Gasteiger partial charge in [-0.2, -0.15) is 5.10 Å². The van der Waals surface area contributed by atoms with Gasteiger partial charge in [-0.1, -0.05) is 18.6 Å². The van der Waals surface area contributed by atoms with Crippen molar-refractivity contribution >= 4 is 10.9 Å². The first-order chi connectivity index (χ1) is 20.7. The summed E-state index contributed by atoms with van der Waals surface area (Å²) in [6.07, 6.45) is 10.2. The standard InChI is InChI=1S/C34H37FN6O/c35-27-16-25(17-28(18-27)42-14-13-40-9-4-5-10-40)29-7-6-8-31-30(29)19-33(37-31)34-20-32(38-39-34)26-15-24(21-36-22-26)23-41-11-2-1-3-12-41/h6-8,15-22,37H,1-5,9-14,23H2,(H,38,39).